The summed E-state index contributed by atoms with van der Waals surface area (Å²) in [6.45, 7) is 0.747. The number of hydrogen-bond donors (Lipinski definition) is 1. The van der Waals surface area contributed by atoms with Crippen LogP contribution in [0.5, 0.6) is 0 Å². The molecule has 1 N–H and O–H groups in total. The highest BCUT2D eigenvalue weighted by Crippen LogP contribution is 2.06. The molecule has 0 bridgehead atoms. The Morgan fingerprint density at radius 2 is 2.67 bits per heavy atom. The molecular weight excluding hydrogens is 158 g/mol. The van der Waals surface area contributed by atoms with E-state index in [1.807, 2.05) is 0 Å². The number of nitrogens with one attached hydrogen (secondary N) is 1. The van der Waals surface area contributed by atoms with Crippen LogP contribution in [0.15, 0.2) is 5.51 Å². The molecule has 0 amide bonds. The van der Waals surface area contributed by atoms with Crippen LogP contribution >= 0.6 is 22.9 Å². The van der Waals surface area contributed by atoms with Crippen LogP contribution in [0.1, 0.15) is 0 Å². The van der Waals surface area contributed by atoms with E-state index < -0.39 is 0 Å². The SMILES string of the molecule is ClCCNc1nncs1. The summed E-state index contributed by atoms with van der Waals surface area (Å²) >= 11 is 6.88. The standard InChI is InChI=1S/C4H6ClN3S/c5-1-2-6-4-8-7-3-9-4/h3H,1-2H2,(H,6,8). The third-order valence-electron chi connectivity index (χ3n) is 0.731. The zero-order chi connectivity index (χ0) is 6.53. The molecule has 0 aliphatic rings. The molecule has 9 heavy (non-hydrogen) atoms. The molecule has 50 valence electrons. The summed E-state index contributed by atoms with van der Waals surface area (Å²) in [7, 11) is 0. The summed E-state index contributed by atoms with van der Waals surface area (Å²) < 4.78 is 0. The Bertz CT molecular complexity index is 153. The van der Waals surface area contributed by atoms with Gasteiger partial charge in [0.2, 0.25) is 5.13 Å². The fraction of sp³-hybridized carbons (Fsp3) is 0.500. The van der Waals surface area contributed by atoms with Crippen LogP contribution in [-0.4, -0.2) is 22.6 Å². The quantitative estimate of drug-likeness (QED) is 0.681. The molecule has 0 radical (unpaired) electrons. The van der Waals surface area contributed by atoms with E-state index >= 15 is 0 Å². The van der Waals surface area contributed by atoms with Crippen molar-refractivity contribution in [3.05, 3.63) is 5.51 Å². The molecule has 0 saturated carbocycles. The maximum absolute atomic E-state index is 5.41. The largest absolute Gasteiger partial charge is 0.359 e. The van der Waals surface area contributed by atoms with E-state index in [0.29, 0.717) is 5.88 Å². The predicted molar refractivity (Wildman–Crippen MR) is 39.1 cm³/mol. The first-order valence-corrected chi connectivity index (χ1v) is 3.91. The second-order valence-electron chi connectivity index (χ2n) is 1.36. The van der Waals surface area contributed by atoms with Gasteiger partial charge >= 0.3 is 0 Å². The van der Waals surface area contributed by atoms with Gasteiger partial charge in [0.15, 0.2) is 0 Å². The summed E-state index contributed by atoms with van der Waals surface area (Å²) in [4.78, 5) is 0. The van der Waals surface area contributed by atoms with Gasteiger partial charge in [0.1, 0.15) is 5.51 Å². The molecule has 0 unspecified atom stereocenters. The third kappa shape index (κ3) is 2.15. The van der Waals surface area contributed by atoms with Crippen molar-refractivity contribution < 1.29 is 0 Å². The van der Waals surface area contributed by atoms with E-state index in [1.54, 1.807) is 5.51 Å². The molecule has 1 aromatic heterocycles. The van der Waals surface area contributed by atoms with Gasteiger partial charge in [-0.05, 0) is 0 Å². The van der Waals surface area contributed by atoms with E-state index in [-0.39, 0.29) is 0 Å². The van der Waals surface area contributed by atoms with E-state index in [2.05, 4.69) is 15.5 Å². The molecule has 0 aromatic carbocycles. The number of anilines is 1. The number of rotatable bonds is 3. The van der Waals surface area contributed by atoms with Gasteiger partial charge in [0, 0.05) is 12.4 Å². The first-order chi connectivity index (χ1) is 4.43. The minimum absolute atomic E-state index is 0.597. The summed E-state index contributed by atoms with van der Waals surface area (Å²) in [5.74, 6) is 0.597. The van der Waals surface area contributed by atoms with Gasteiger partial charge in [-0.15, -0.1) is 21.8 Å². The van der Waals surface area contributed by atoms with Crippen molar-refractivity contribution in [3.63, 3.8) is 0 Å². The number of alkyl halides is 1. The molecule has 0 aliphatic carbocycles. The average Bonchev–Trinajstić information content (AvgIpc) is 2.34. The zero-order valence-corrected chi connectivity index (χ0v) is 6.24. The highest BCUT2D eigenvalue weighted by molar-refractivity contribution is 7.13. The lowest BCUT2D eigenvalue weighted by atomic mass is 10.8. The Morgan fingerprint density at radius 1 is 1.78 bits per heavy atom. The van der Waals surface area contributed by atoms with E-state index in [1.165, 1.54) is 11.3 Å². The maximum Gasteiger partial charge on any atom is 0.205 e. The van der Waals surface area contributed by atoms with E-state index in [9.17, 15) is 0 Å². The normalized spacial score (nSPS) is 9.44. The lowest BCUT2D eigenvalue weighted by Gasteiger charge is -1.93. The second-order valence-corrected chi connectivity index (χ2v) is 2.57. The van der Waals surface area contributed by atoms with Crippen LogP contribution in [0.25, 0.3) is 0 Å². The molecule has 1 heterocycles. The molecule has 3 nitrogen and oxygen atoms in total. The van der Waals surface area contributed by atoms with Crippen molar-refractivity contribution in [1.29, 1.82) is 0 Å². The molecule has 0 atom stereocenters. The molecule has 1 aromatic rings. The molecule has 0 fully saturated rings. The Balaban J connectivity index is 2.30. The molecular formula is C4H6ClN3S. The fourth-order valence-corrected chi connectivity index (χ4v) is 0.973. The first kappa shape index (κ1) is 6.77. The molecule has 1 rings (SSSR count). The lowest BCUT2D eigenvalue weighted by molar-refractivity contribution is 1.07. The smallest absolute Gasteiger partial charge is 0.205 e. The average molecular weight is 164 g/mol. The van der Waals surface area contributed by atoms with Gasteiger partial charge < -0.3 is 5.32 Å². The Labute approximate surface area is 62.1 Å². The number of aromatic nitrogens is 2. The molecule has 0 aliphatic heterocycles. The van der Waals surface area contributed by atoms with E-state index in [4.69, 9.17) is 11.6 Å². The molecule has 0 saturated heterocycles. The van der Waals surface area contributed by atoms with E-state index in [0.717, 1.165) is 11.7 Å². The van der Waals surface area contributed by atoms with Crippen LogP contribution in [0.4, 0.5) is 5.13 Å². The van der Waals surface area contributed by atoms with Gasteiger partial charge in [-0.2, -0.15) is 0 Å². The van der Waals surface area contributed by atoms with Gasteiger partial charge in [-0.3, -0.25) is 0 Å². The van der Waals surface area contributed by atoms with Gasteiger partial charge in [0.25, 0.3) is 0 Å². The summed E-state index contributed by atoms with van der Waals surface area (Å²) in [5, 5.41) is 11.2. The van der Waals surface area contributed by atoms with Crippen molar-refractivity contribution in [3.8, 4) is 0 Å². The first-order valence-electron chi connectivity index (χ1n) is 2.49. The number of hydrogen-bond acceptors (Lipinski definition) is 4. The fourth-order valence-electron chi connectivity index (χ4n) is 0.404. The van der Waals surface area contributed by atoms with Crippen molar-refractivity contribution in [2.45, 2.75) is 0 Å². The minimum Gasteiger partial charge on any atom is -0.359 e. The van der Waals surface area contributed by atoms with Crippen LogP contribution in [-0.2, 0) is 0 Å². The van der Waals surface area contributed by atoms with Crippen LogP contribution in [0, 0.1) is 0 Å². The van der Waals surface area contributed by atoms with Gasteiger partial charge in [-0.1, -0.05) is 11.3 Å². The van der Waals surface area contributed by atoms with Crippen LogP contribution < -0.4 is 5.32 Å². The third-order valence-corrected chi connectivity index (χ3v) is 1.57. The monoisotopic (exact) mass is 163 g/mol. The van der Waals surface area contributed by atoms with Crippen LogP contribution in [0.3, 0.4) is 0 Å². The highest BCUT2D eigenvalue weighted by Gasteiger charge is 1.90. The van der Waals surface area contributed by atoms with Gasteiger partial charge in [-0.25, -0.2) is 0 Å². The number of halogens is 1. The summed E-state index contributed by atoms with van der Waals surface area (Å²) in [6.07, 6.45) is 0. The minimum atomic E-state index is 0.597. The van der Waals surface area contributed by atoms with Gasteiger partial charge in [0.05, 0.1) is 0 Å². The second kappa shape index (κ2) is 3.63. The molecule has 5 heteroatoms. The Hall–Kier alpha value is -0.350. The maximum atomic E-state index is 5.41. The van der Waals surface area contributed by atoms with Crippen molar-refractivity contribution in [2.24, 2.45) is 0 Å². The zero-order valence-electron chi connectivity index (χ0n) is 4.67. The topological polar surface area (TPSA) is 37.8 Å². The Kier molecular flexibility index (Phi) is 2.73. The van der Waals surface area contributed by atoms with Crippen molar-refractivity contribution >= 4 is 28.1 Å². The Morgan fingerprint density at radius 3 is 3.22 bits per heavy atom. The lowest BCUT2D eigenvalue weighted by Crippen LogP contribution is -2.01. The molecule has 0 spiro atoms. The van der Waals surface area contributed by atoms with Crippen molar-refractivity contribution in [1.82, 2.24) is 10.2 Å². The number of nitrogens with zero attached hydrogens (tertiary/aromatic N) is 2. The van der Waals surface area contributed by atoms with Crippen LogP contribution in [0.2, 0.25) is 0 Å². The highest BCUT2D eigenvalue weighted by atomic mass is 35.5. The predicted octanol–water partition coefficient (Wildman–Crippen LogP) is 1.19. The summed E-state index contributed by atoms with van der Waals surface area (Å²) in [6, 6.07) is 0. The summed E-state index contributed by atoms with van der Waals surface area (Å²) in [5.41, 5.74) is 1.68. The van der Waals surface area contributed by atoms with Crippen molar-refractivity contribution in [2.75, 3.05) is 17.7 Å².